The van der Waals surface area contributed by atoms with Crippen molar-refractivity contribution in [3.05, 3.63) is 35.9 Å². The molecule has 0 aromatic heterocycles. The average molecular weight is 242 g/mol. The number of nitrogens with two attached hydrogens (primary N) is 1. The molecule has 1 rings (SSSR count). The molecule has 1 unspecified atom stereocenters. The predicted molar refractivity (Wildman–Crippen MR) is 56.9 cm³/mol. The summed E-state index contributed by atoms with van der Waals surface area (Å²) in [5.74, 6) is 0.0452. The molecule has 1 aromatic carbocycles. The molecule has 0 aliphatic carbocycles. The van der Waals surface area contributed by atoms with Crippen LogP contribution in [-0.2, 0) is 11.2 Å². The minimum absolute atomic E-state index is 0.0452. The summed E-state index contributed by atoms with van der Waals surface area (Å²) in [6.07, 6.45) is 0.616. The van der Waals surface area contributed by atoms with Crippen LogP contribution in [0.3, 0.4) is 0 Å². The molecule has 1 aromatic rings. The Kier molecular flexibility index (Phi) is 4.12. The molecule has 2 N–H and O–H groups in total. The Hall–Kier alpha value is -0.670. The molecule has 0 aliphatic rings. The topological polar surface area (TPSA) is 43.1 Å². The zero-order valence-corrected chi connectivity index (χ0v) is 8.83. The lowest BCUT2D eigenvalue weighted by atomic mass is 10.0. The fourth-order valence-electron chi connectivity index (χ4n) is 1.08. The molecule has 0 aliphatic heterocycles. The molecule has 0 radical (unpaired) electrons. The molecule has 0 bridgehead atoms. The maximum Gasteiger partial charge on any atom is 0.160 e. The van der Waals surface area contributed by atoms with Crippen LogP contribution in [-0.4, -0.2) is 17.2 Å². The van der Waals surface area contributed by atoms with E-state index in [2.05, 4.69) is 15.9 Å². The van der Waals surface area contributed by atoms with E-state index in [0.29, 0.717) is 11.8 Å². The van der Waals surface area contributed by atoms with E-state index >= 15 is 0 Å². The van der Waals surface area contributed by atoms with Crippen molar-refractivity contribution >= 4 is 21.7 Å². The highest BCUT2D eigenvalue weighted by atomic mass is 79.9. The smallest absolute Gasteiger partial charge is 0.160 e. The Labute approximate surface area is 86.3 Å². The van der Waals surface area contributed by atoms with Gasteiger partial charge in [-0.3, -0.25) is 4.79 Å². The monoisotopic (exact) mass is 241 g/mol. The van der Waals surface area contributed by atoms with Gasteiger partial charge in [-0.05, 0) is 12.0 Å². The first kappa shape index (κ1) is 10.4. The van der Waals surface area contributed by atoms with Crippen molar-refractivity contribution in [1.29, 1.82) is 0 Å². The first-order valence-corrected chi connectivity index (χ1v) is 5.24. The van der Waals surface area contributed by atoms with Crippen molar-refractivity contribution < 1.29 is 4.79 Å². The Bertz CT molecular complexity index is 274. The minimum Gasteiger partial charge on any atom is -0.321 e. The highest BCUT2D eigenvalue weighted by molar-refractivity contribution is 9.09. The van der Waals surface area contributed by atoms with Gasteiger partial charge in [-0.1, -0.05) is 46.3 Å². The number of benzene rings is 1. The molecule has 1 atom stereocenters. The first-order valence-electron chi connectivity index (χ1n) is 4.12. The van der Waals surface area contributed by atoms with Gasteiger partial charge < -0.3 is 5.73 Å². The first-order chi connectivity index (χ1) is 6.24. The fourth-order valence-corrected chi connectivity index (χ4v) is 1.50. The van der Waals surface area contributed by atoms with Crippen molar-refractivity contribution in [1.82, 2.24) is 0 Å². The second-order valence-electron chi connectivity index (χ2n) is 2.90. The summed E-state index contributed by atoms with van der Waals surface area (Å²) in [5, 5.41) is 0.334. The maximum absolute atomic E-state index is 11.1. The Balaban J connectivity index is 2.55. The molecule has 0 fully saturated rings. The molecule has 0 spiro atoms. The van der Waals surface area contributed by atoms with E-state index in [4.69, 9.17) is 5.73 Å². The van der Waals surface area contributed by atoms with Crippen LogP contribution in [0.1, 0.15) is 5.56 Å². The molecular weight excluding hydrogens is 230 g/mol. The van der Waals surface area contributed by atoms with E-state index in [0.717, 1.165) is 5.56 Å². The molecule has 70 valence electrons. The molecule has 13 heavy (non-hydrogen) atoms. The summed E-state index contributed by atoms with van der Waals surface area (Å²) in [6.45, 7) is 0. The lowest BCUT2D eigenvalue weighted by molar-refractivity contribution is -0.117. The summed E-state index contributed by atoms with van der Waals surface area (Å²) in [4.78, 5) is 11.1. The highest BCUT2D eigenvalue weighted by Gasteiger charge is 2.11. The minimum atomic E-state index is -0.387. The number of hydrogen-bond acceptors (Lipinski definition) is 2. The van der Waals surface area contributed by atoms with Gasteiger partial charge in [-0.15, -0.1) is 0 Å². The fraction of sp³-hybridized carbons (Fsp3) is 0.300. The molecule has 0 saturated carbocycles. The van der Waals surface area contributed by atoms with Crippen molar-refractivity contribution in [2.45, 2.75) is 12.5 Å². The van der Waals surface area contributed by atoms with E-state index < -0.39 is 0 Å². The van der Waals surface area contributed by atoms with Gasteiger partial charge in [0, 0.05) is 0 Å². The average Bonchev–Trinajstić information content (AvgIpc) is 2.18. The Morgan fingerprint density at radius 2 is 2.00 bits per heavy atom. The van der Waals surface area contributed by atoms with Crippen molar-refractivity contribution in [2.75, 3.05) is 5.33 Å². The lowest BCUT2D eigenvalue weighted by Crippen LogP contribution is -2.33. The van der Waals surface area contributed by atoms with E-state index in [9.17, 15) is 4.79 Å². The zero-order valence-electron chi connectivity index (χ0n) is 7.24. The van der Waals surface area contributed by atoms with Crippen LogP contribution in [0.4, 0.5) is 0 Å². The second-order valence-corrected chi connectivity index (χ2v) is 3.46. The number of Topliss-reactive ketones (excluding diaryl/α,β-unsaturated/α-hetero) is 1. The van der Waals surface area contributed by atoms with Crippen LogP contribution in [0.5, 0.6) is 0 Å². The number of alkyl halides is 1. The molecular formula is C10H12BrNO. The maximum atomic E-state index is 11.1. The summed E-state index contributed by atoms with van der Waals surface area (Å²) >= 11 is 3.10. The van der Waals surface area contributed by atoms with Crippen molar-refractivity contribution in [2.24, 2.45) is 5.73 Å². The molecule has 3 heteroatoms. The summed E-state index contributed by atoms with van der Waals surface area (Å²) in [6, 6.07) is 9.40. The highest BCUT2D eigenvalue weighted by Crippen LogP contribution is 2.03. The standard InChI is InChI=1S/C10H12BrNO/c11-7-10(13)9(12)6-8-4-2-1-3-5-8/h1-5,9H,6-7,12H2. The quantitative estimate of drug-likeness (QED) is 0.813. The van der Waals surface area contributed by atoms with Crippen LogP contribution in [0.15, 0.2) is 30.3 Å². The molecule has 2 nitrogen and oxygen atoms in total. The van der Waals surface area contributed by atoms with Gasteiger partial charge in [-0.2, -0.15) is 0 Å². The van der Waals surface area contributed by atoms with E-state index in [1.807, 2.05) is 30.3 Å². The normalized spacial score (nSPS) is 12.5. The van der Waals surface area contributed by atoms with Gasteiger partial charge in [0.15, 0.2) is 5.78 Å². The number of rotatable bonds is 4. The molecule has 0 amide bonds. The summed E-state index contributed by atoms with van der Waals surface area (Å²) in [7, 11) is 0. The number of ketones is 1. The van der Waals surface area contributed by atoms with Crippen LogP contribution >= 0.6 is 15.9 Å². The van der Waals surface area contributed by atoms with Gasteiger partial charge in [-0.25, -0.2) is 0 Å². The SMILES string of the molecule is NC(Cc1ccccc1)C(=O)CBr. The van der Waals surface area contributed by atoms with Gasteiger partial charge >= 0.3 is 0 Å². The van der Waals surface area contributed by atoms with Crippen molar-refractivity contribution in [3.8, 4) is 0 Å². The van der Waals surface area contributed by atoms with Crippen molar-refractivity contribution in [3.63, 3.8) is 0 Å². The largest absolute Gasteiger partial charge is 0.321 e. The number of carbonyl (C=O) groups is 1. The van der Waals surface area contributed by atoms with Crippen LogP contribution in [0.2, 0.25) is 0 Å². The number of hydrogen-bond donors (Lipinski definition) is 1. The second kappa shape index (κ2) is 5.14. The van der Waals surface area contributed by atoms with E-state index in [-0.39, 0.29) is 11.8 Å². The lowest BCUT2D eigenvalue weighted by Gasteiger charge is -2.07. The van der Waals surface area contributed by atoms with Gasteiger partial charge in [0.1, 0.15) is 0 Å². The van der Waals surface area contributed by atoms with Crippen LogP contribution in [0.25, 0.3) is 0 Å². The number of carbonyl (C=O) groups excluding carboxylic acids is 1. The zero-order chi connectivity index (χ0) is 9.68. The van der Waals surface area contributed by atoms with Gasteiger partial charge in [0.2, 0.25) is 0 Å². The van der Waals surface area contributed by atoms with E-state index in [1.54, 1.807) is 0 Å². The Morgan fingerprint density at radius 1 is 1.38 bits per heavy atom. The third kappa shape index (κ3) is 3.28. The van der Waals surface area contributed by atoms with Gasteiger partial charge in [0.05, 0.1) is 11.4 Å². The Morgan fingerprint density at radius 3 is 2.54 bits per heavy atom. The third-order valence-corrected chi connectivity index (χ3v) is 2.40. The third-order valence-electron chi connectivity index (χ3n) is 1.84. The summed E-state index contributed by atoms with van der Waals surface area (Å²) in [5.41, 5.74) is 6.78. The summed E-state index contributed by atoms with van der Waals surface area (Å²) < 4.78 is 0. The van der Waals surface area contributed by atoms with Crippen LogP contribution in [0, 0.1) is 0 Å². The number of halogens is 1. The predicted octanol–water partition coefficient (Wildman–Crippen LogP) is 1.52. The van der Waals surface area contributed by atoms with Gasteiger partial charge in [0.25, 0.3) is 0 Å². The van der Waals surface area contributed by atoms with Crippen LogP contribution < -0.4 is 5.73 Å². The van der Waals surface area contributed by atoms with E-state index in [1.165, 1.54) is 0 Å². The molecule has 0 heterocycles. The molecule has 0 saturated heterocycles.